The largest absolute Gasteiger partial charge is 0.444 e. The van der Waals surface area contributed by atoms with Gasteiger partial charge in [-0.2, -0.15) is 8.42 Å². The van der Waals surface area contributed by atoms with Gasteiger partial charge in [-0.15, -0.1) is 0 Å². The third kappa shape index (κ3) is 6.68. The Morgan fingerprint density at radius 3 is 2.13 bits per heavy atom. The Hall–Kier alpha value is -0.643. The summed E-state index contributed by atoms with van der Waals surface area (Å²) in [4.78, 5) is 14.9. The van der Waals surface area contributed by atoms with E-state index in [0.717, 1.165) is 56.5 Å². The second-order valence-corrected chi connectivity index (χ2v) is 16.8. The molecule has 0 radical (unpaired) electrons. The highest BCUT2D eigenvalue weighted by atomic mass is 32.2. The Kier molecular flexibility index (Phi) is 8.32. The average molecular weight is 478 g/mol. The molecule has 9 heteroatoms. The maximum absolute atomic E-state index is 13.0. The first-order valence-electron chi connectivity index (χ1n) is 11.8. The van der Waals surface area contributed by atoms with Gasteiger partial charge >= 0.3 is 6.09 Å². The van der Waals surface area contributed by atoms with Crippen LogP contribution in [-0.2, 0) is 23.5 Å². The first kappa shape index (κ1) is 26.6. The average Bonchev–Trinajstić information content (AvgIpc) is 2.63. The molecule has 0 aromatic heterocycles. The van der Waals surface area contributed by atoms with E-state index in [4.69, 9.17) is 13.3 Å². The fourth-order valence-electron chi connectivity index (χ4n) is 5.32. The van der Waals surface area contributed by atoms with Crippen molar-refractivity contribution in [1.82, 2.24) is 4.90 Å². The molecule has 1 spiro atoms. The zero-order valence-corrected chi connectivity index (χ0v) is 22.4. The minimum Gasteiger partial charge on any atom is -0.444 e. The Balaban J connectivity index is 2.25. The van der Waals surface area contributed by atoms with Gasteiger partial charge in [0.25, 0.3) is 10.1 Å². The molecule has 2 rings (SSSR count). The lowest BCUT2D eigenvalue weighted by Crippen LogP contribution is -2.71. The number of piperidine rings is 1. The Labute approximate surface area is 190 Å². The lowest BCUT2D eigenvalue weighted by Gasteiger charge is -2.63. The van der Waals surface area contributed by atoms with Crippen LogP contribution < -0.4 is 0 Å². The van der Waals surface area contributed by atoms with Crippen molar-refractivity contribution in [3.63, 3.8) is 0 Å². The van der Waals surface area contributed by atoms with Gasteiger partial charge in [0.2, 0.25) is 0 Å². The summed E-state index contributed by atoms with van der Waals surface area (Å²) < 4.78 is 40.8. The molecule has 0 aromatic carbocycles. The number of carbonyl (C=O) groups excluding carboxylic acids is 1. The zero-order valence-electron chi connectivity index (χ0n) is 20.6. The zero-order chi connectivity index (χ0) is 23.6. The van der Waals surface area contributed by atoms with E-state index in [-0.39, 0.29) is 18.2 Å². The smallest absolute Gasteiger partial charge is 0.410 e. The predicted octanol–water partition coefficient (Wildman–Crippen LogP) is 5.07. The monoisotopic (exact) mass is 477 g/mol. The molecule has 1 amide bonds. The first-order chi connectivity index (χ1) is 14.2. The molecule has 1 aliphatic carbocycles. The molecule has 0 atom stereocenters. The first-order valence-corrected chi connectivity index (χ1v) is 16.1. The summed E-state index contributed by atoms with van der Waals surface area (Å²) in [5.74, 6) is 0. The summed E-state index contributed by atoms with van der Waals surface area (Å²) in [6.07, 6.45) is 5.79. The summed E-state index contributed by atoms with van der Waals surface area (Å²) in [7, 11) is -5.42. The number of carbonyl (C=O) groups is 1. The van der Waals surface area contributed by atoms with Crippen LogP contribution in [0.15, 0.2) is 0 Å². The van der Waals surface area contributed by atoms with Gasteiger partial charge in [0.05, 0.1) is 24.0 Å². The van der Waals surface area contributed by atoms with E-state index in [1.807, 2.05) is 25.7 Å². The van der Waals surface area contributed by atoms with Crippen LogP contribution in [0.4, 0.5) is 4.79 Å². The van der Waals surface area contributed by atoms with E-state index >= 15 is 0 Å². The predicted molar refractivity (Wildman–Crippen MR) is 125 cm³/mol. The van der Waals surface area contributed by atoms with Gasteiger partial charge in [0.1, 0.15) is 5.60 Å². The van der Waals surface area contributed by atoms with Gasteiger partial charge in [0, 0.05) is 13.0 Å². The van der Waals surface area contributed by atoms with Gasteiger partial charge in [-0.3, -0.25) is 4.18 Å². The number of hydrogen-bond donors (Lipinski definition) is 0. The molecule has 0 N–H and O–H groups in total. The van der Waals surface area contributed by atoms with Crippen LogP contribution in [0.25, 0.3) is 0 Å². The highest BCUT2D eigenvalue weighted by Crippen LogP contribution is 2.55. The lowest BCUT2D eigenvalue weighted by molar-refractivity contribution is -0.153. The topological polar surface area (TPSA) is 82.1 Å². The van der Waals surface area contributed by atoms with E-state index in [1.165, 1.54) is 0 Å². The SMILES string of the molecule is CC[Si](CC)(CC)OC1(CCOS(C)(=O)=O)CC2(CCCCN2C(=O)OC(C)(C)C)C1. The maximum atomic E-state index is 13.0. The fraction of sp³-hybridized carbons (Fsp3) is 0.955. The van der Waals surface area contributed by atoms with Crippen LogP contribution in [0.1, 0.15) is 80.1 Å². The van der Waals surface area contributed by atoms with E-state index in [1.54, 1.807) is 0 Å². The molecule has 182 valence electrons. The van der Waals surface area contributed by atoms with Crippen molar-refractivity contribution >= 4 is 24.5 Å². The highest BCUT2D eigenvalue weighted by molar-refractivity contribution is 7.85. The molecular formula is C22H43NO6SSi. The molecule has 2 aliphatic rings. The number of amides is 1. The summed E-state index contributed by atoms with van der Waals surface area (Å²) in [6, 6.07) is 3.08. The van der Waals surface area contributed by atoms with Crippen molar-refractivity contribution < 1.29 is 26.6 Å². The van der Waals surface area contributed by atoms with Crippen molar-refractivity contribution in [2.75, 3.05) is 19.4 Å². The quantitative estimate of drug-likeness (QED) is 0.341. The molecule has 7 nitrogen and oxygen atoms in total. The third-order valence-electron chi connectivity index (χ3n) is 6.98. The number of hydrogen-bond acceptors (Lipinski definition) is 6. The number of ether oxygens (including phenoxy) is 1. The van der Waals surface area contributed by atoms with Crippen molar-refractivity contribution in [3.8, 4) is 0 Å². The van der Waals surface area contributed by atoms with Crippen LogP contribution in [0.3, 0.4) is 0 Å². The number of likely N-dealkylation sites (tertiary alicyclic amines) is 1. The number of nitrogens with zero attached hydrogens (tertiary/aromatic N) is 1. The lowest BCUT2D eigenvalue weighted by atomic mass is 9.59. The molecular weight excluding hydrogens is 434 g/mol. The molecule has 31 heavy (non-hydrogen) atoms. The van der Waals surface area contributed by atoms with Crippen LogP contribution in [0, 0.1) is 0 Å². The van der Waals surface area contributed by atoms with E-state index in [9.17, 15) is 13.2 Å². The van der Waals surface area contributed by atoms with Crippen molar-refractivity contribution in [2.45, 2.75) is 115 Å². The molecule has 0 unspecified atom stereocenters. The molecule has 1 aliphatic heterocycles. The summed E-state index contributed by atoms with van der Waals surface area (Å²) in [5, 5.41) is 0. The fourth-order valence-corrected chi connectivity index (χ4v) is 8.80. The Morgan fingerprint density at radius 1 is 1.06 bits per heavy atom. The summed E-state index contributed by atoms with van der Waals surface area (Å²) in [5.41, 5.74) is -1.23. The minimum atomic E-state index is -3.50. The molecule has 1 heterocycles. The van der Waals surface area contributed by atoms with E-state index in [0.29, 0.717) is 13.0 Å². The Bertz CT molecular complexity index is 715. The van der Waals surface area contributed by atoms with Crippen LogP contribution in [0.2, 0.25) is 18.1 Å². The standard InChI is InChI=1S/C22H43NO6SSi/c1-8-31(9-2,10-3)29-22(14-16-27-30(7,25)26)17-21(18-22)13-11-12-15-23(21)19(24)28-20(4,5)6/h8-18H2,1-7H3. The van der Waals surface area contributed by atoms with Gasteiger partial charge in [-0.1, -0.05) is 20.8 Å². The minimum absolute atomic E-state index is 0.114. The van der Waals surface area contributed by atoms with Gasteiger partial charge < -0.3 is 14.1 Å². The Morgan fingerprint density at radius 2 is 1.65 bits per heavy atom. The van der Waals surface area contributed by atoms with Gasteiger partial charge in [-0.05, 0) is 71.0 Å². The van der Waals surface area contributed by atoms with Crippen molar-refractivity contribution in [3.05, 3.63) is 0 Å². The molecule has 1 saturated carbocycles. The molecule has 1 saturated heterocycles. The highest BCUT2D eigenvalue weighted by Gasteiger charge is 2.61. The molecule has 2 fully saturated rings. The molecule has 0 aromatic rings. The van der Waals surface area contributed by atoms with Crippen LogP contribution in [-0.4, -0.2) is 63.9 Å². The number of rotatable bonds is 9. The summed E-state index contributed by atoms with van der Waals surface area (Å²) >= 11 is 0. The maximum Gasteiger partial charge on any atom is 0.410 e. The van der Waals surface area contributed by atoms with Crippen LogP contribution in [0.5, 0.6) is 0 Å². The van der Waals surface area contributed by atoms with Gasteiger partial charge in [-0.25, -0.2) is 4.79 Å². The van der Waals surface area contributed by atoms with Crippen molar-refractivity contribution in [2.24, 2.45) is 0 Å². The van der Waals surface area contributed by atoms with E-state index in [2.05, 4.69) is 20.8 Å². The second kappa shape index (κ2) is 9.69. The third-order valence-corrected chi connectivity index (χ3v) is 12.3. The van der Waals surface area contributed by atoms with Crippen molar-refractivity contribution in [1.29, 1.82) is 0 Å². The van der Waals surface area contributed by atoms with E-state index < -0.39 is 29.6 Å². The normalized spacial score (nSPS) is 27.3. The van der Waals surface area contributed by atoms with Gasteiger partial charge in [0.15, 0.2) is 8.32 Å². The van der Waals surface area contributed by atoms with Crippen LogP contribution >= 0.6 is 0 Å². The molecule has 0 bridgehead atoms. The summed E-state index contributed by atoms with van der Waals surface area (Å²) in [6.45, 7) is 13.1. The second-order valence-electron chi connectivity index (χ2n) is 10.5.